The van der Waals surface area contributed by atoms with E-state index in [1.54, 1.807) is 11.0 Å². The zero-order valence-electron chi connectivity index (χ0n) is 12.9. The van der Waals surface area contributed by atoms with Crippen LogP contribution in [-0.4, -0.2) is 29.9 Å². The molecule has 0 aromatic heterocycles. The van der Waals surface area contributed by atoms with Crippen molar-refractivity contribution in [2.24, 2.45) is 23.1 Å². The van der Waals surface area contributed by atoms with Gasteiger partial charge in [-0.1, -0.05) is 29.8 Å². The molecule has 6 nitrogen and oxygen atoms in total. The molecule has 0 spiro atoms. The molecule has 1 aromatic carbocycles. The average molecular weight is 371 g/mol. The third-order valence-corrected chi connectivity index (χ3v) is 3.69. The van der Waals surface area contributed by atoms with Gasteiger partial charge in [-0.3, -0.25) is 9.59 Å². The topological polar surface area (TPSA) is 115 Å². The highest BCUT2D eigenvalue weighted by Gasteiger charge is 2.37. The van der Waals surface area contributed by atoms with E-state index in [1.165, 1.54) is 0 Å². The van der Waals surface area contributed by atoms with Gasteiger partial charge in [0.25, 0.3) is 5.91 Å². The highest BCUT2D eigenvalue weighted by atomic mass is 79.9. The van der Waals surface area contributed by atoms with Gasteiger partial charge in [-0.15, -0.1) is 0 Å². The van der Waals surface area contributed by atoms with Gasteiger partial charge in [-0.2, -0.15) is 0 Å². The first-order valence-corrected chi connectivity index (χ1v) is 7.89. The number of amides is 2. The van der Waals surface area contributed by atoms with Gasteiger partial charge in [0, 0.05) is 23.2 Å². The van der Waals surface area contributed by atoms with E-state index in [0.717, 1.165) is 10.0 Å². The fraction of sp³-hybridized carbons (Fsp3) is 0.467. The lowest BCUT2D eigenvalue weighted by atomic mass is 10.0. The molecule has 122 valence electrons. The van der Waals surface area contributed by atoms with E-state index in [9.17, 15) is 9.59 Å². The van der Waals surface area contributed by atoms with Crippen molar-refractivity contribution in [3.8, 4) is 0 Å². The van der Waals surface area contributed by atoms with Gasteiger partial charge in [0.1, 0.15) is 0 Å². The Hall–Kier alpha value is -1.44. The van der Waals surface area contributed by atoms with Crippen LogP contribution in [-0.2, 0) is 4.79 Å². The van der Waals surface area contributed by atoms with Gasteiger partial charge in [-0.05, 0) is 29.7 Å². The van der Waals surface area contributed by atoms with Crippen molar-refractivity contribution < 1.29 is 9.59 Å². The smallest absolute Gasteiger partial charge is 0.254 e. The summed E-state index contributed by atoms with van der Waals surface area (Å²) in [5, 5.41) is 0. The molecule has 0 saturated carbocycles. The third kappa shape index (κ3) is 4.53. The molecule has 0 aliphatic carbocycles. The van der Waals surface area contributed by atoms with Crippen molar-refractivity contribution in [1.82, 2.24) is 4.90 Å². The number of rotatable bonds is 4. The molecule has 1 aliphatic rings. The summed E-state index contributed by atoms with van der Waals surface area (Å²) in [6.07, 6.45) is 0.169. The maximum Gasteiger partial charge on any atom is 0.254 e. The van der Waals surface area contributed by atoms with Crippen LogP contribution in [0.4, 0.5) is 0 Å². The summed E-state index contributed by atoms with van der Waals surface area (Å²) in [5.74, 6) is -0.0566. The van der Waals surface area contributed by atoms with Crippen molar-refractivity contribution >= 4 is 27.7 Å². The molecule has 0 bridgehead atoms. The molecule has 0 fully saturated rings. The van der Waals surface area contributed by atoms with Crippen LogP contribution >= 0.6 is 15.9 Å². The Bertz CT molecular complexity index is 548. The van der Waals surface area contributed by atoms with Gasteiger partial charge in [0.15, 0.2) is 0 Å². The van der Waals surface area contributed by atoms with E-state index in [2.05, 4.69) is 27.4 Å². The Morgan fingerprint density at radius 3 is 2.45 bits per heavy atom. The number of primary amides is 1. The average Bonchev–Trinajstić information content (AvgIpc) is 2.64. The molecule has 1 aromatic rings. The molecule has 2 amide bonds. The molecule has 0 radical (unpaired) electrons. The lowest BCUT2D eigenvalue weighted by Crippen LogP contribution is -2.33. The van der Waals surface area contributed by atoms with Crippen LogP contribution in [0.2, 0.25) is 0 Å². The molecule has 2 rings (SSSR count). The normalized spacial score (nSPS) is 16.4. The van der Waals surface area contributed by atoms with E-state index in [-0.39, 0.29) is 30.9 Å². The van der Waals surface area contributed by atoms with E-state index in [0.29, 0.717) is 18.0 Å². The highest BCUT2D eigenvalue weighted by molar-refractivity contribution is 9.10. The minimum absolute atomic E-state index is 0.0116. The van der Waals surface area contributed by atoms with Crippen molar-refractivity contribution in [3.63, 3.8) is 0 Å². The summed E-state index contributed by atoms with van der Waals surface area (Å²) < 4.78 is 0.903. The summed E-state index contributed by atoms with van der Waals surface area (Å²) in [7, 11) is 0. The van der Waals surface area contributed by atoms with Crippen LogP contribution in [0.3, 0.4) is 0 Å². The number of fused-ring (bicyclic) bond motifs is 1. The van der Waals surface area contributed by atoms with E-state index < -0.39 is 0 Å². The summed E-state index contributed by atoms with van der Waals surface area (Å²) >= 11 is 3.40. The molecule has 1 unspecified atom stereocenters. The second-order valence-corrected chi connectivity index (χ2v) is 6.42. The molecule has 22 heavy (non-hydrogen) atoms. The monoisotopic (exact) mass is 370 g/mol. The van der Waals surface area contributed by atoms with E-state index >= 15 is 0 Å². The van der Waals surface area contributed by atoms with E-state index in [1.807, 2.05) is 26.0 Å². The van der Waals surface area contributed by atoms with Crippen molar-refractivity contribution in [1.29, 1.82) is 0 Å². The molecular formula is C15H23BrN4O2. The van der Waals surface area contributed by atoms with Gasteiger partial charge in [0.2, 0.25) is 5.91 Å². The van der Waals surface area contributed by atoms with Crippen LogP contribution < -0.4 is 17.2 Å². The van der Waals surface area contributed by atoms with Crippen LogP contribution in [0.15, 0.2) is 22.7 Å². The number of benzene rings is 1. The van der Waals surface area contributed by atoms with Gasteiger partial charge < -0.3 is 22.1 Å². The predicted molar refractivity (Wildman–Crippen MR) is 89.8 cm³/mol. The van der Waals surface area contributed by atoms with Gasteiger partial charge in [0.05, 0.1) is 12.5 Å². The zero-order chi connectivity index (χ0) is 16.9. The second-order valence-electron chi connectivity index (χ2n) is 5.50. The first-order chi connectivity index (χ1) is 10.3. The number of carbonyl (C=O) groups excluding carboxylic acids is 2. The van der Waals surface area contributed by atoms with Crippen molar-refractivity contribution in [2.45, 2.75) is 26.3 Å². The van der Waals surface area contributed by atoms with Gasteiger partial charge >= 0.3 is 0 Å². The predicted octanol–water partition coefficient (Wildman–Crippen LogP) is 1.34. The summed E-state index contributed by atoms with van der Waals surface area (Å²) in [6.45, 7) is 4.98. The van der Waals surface area contributed by atoms with E-state index in [4.69, 9.17) is 5.73 Å². The standard InChI is InChI=1S/C14H17BrN2O2.CH6N2/c1-8(2)7-17-12(6-13(16)18)11-5-9(15)3-4-10(11)14(17)19;2-1-3/h3-5,8,12H,6-7H2,1-2H3,(H2,16,18);1-3H2. The Morgan fingerprint density at radius 1 is 1.36 bits per heavy atom. The fourth-order valence-corrected chi connectivity index (χ4v) is 2.86. The minimum atomic E-state index is -0.389. The number of hydrogen-bond acceptors (Lipinski definition) is 4. The largest absolute Gasteiger partial charge is 0.370 e. The lowest BCUT2D eigenvalue weighted by molar-refractivity contribution is -0.119. The molecular weight excluding hydrogens is 348 g/mol. The molecule has 1 atom stereocenters. The molecule has 6 N–H and O–H groups in total. The maximum atomic E-state index is 12.4. The van der Waals surface area contributed by atoms with Crippen LogP contribution in [0.1, 0.15) is 42.2 Å². The highest BCUT2D eigenvalue weighted by Crippen LogP contribution is 2.37. The zero-order valence-corrected chi connectivity index (χ0v) is 14.5. The number of hydrogen-bond donors (Lipinski definition) is 3. The Balaban J connectivity index is 0.000000745. The summed E-state index contributed by atoms with van der Waals surface area (Å²) in [4.78, 5) is 25.4. The Labute approximate surface area is 139 Å². The molecule has 1 aliphatic heterocycles. The van der Waals surface area contributed by atoms with Crippen molar-refractivity contribution in [3.05, 3.63) is 33.8 Å². The molecule has 7 heteroatoms. The second kappa shape index (κ2) is 8.26. The first-order valence-electron chi connectivity index (χ1n) is 7.10. The Kier molecular flexibility index (Phi) is 6.99. The third-order valence-electron chi connectivity index (χ3n) is 3.20. The van der Waals surface area contributed by atoms with Crippen LogP contribution in [0.25, 0.3) is 0 Å². The summed E-state index contributed by atoms with van der Waals surface area (Å²) in [6, 6.07) is 5.31. The van der Waals surface area contributed by atoms with Crippen LogP contribution in [0, 0.1) is 5.92 Å². The SMILES string of the molecule is CC(C)CN1C(=O)c2ccc(Br)cc2C1CC(N)=O.NCN. The van der Waals surface area contributed by atoms with Gasteiger partial charge in [-0.25, -0.2) is 0 Å². The number of halogens is 1. The molecule has 0 saturated heterocycles. The quantitative estimate of drug-likeness (QED) is 0.693. The Morgan fingerprint density at radius 2 is 1.95 bits per heavy atom. The van der Waals surface area contributed by atoms with Crippen LogP contribution in [0.5, 0.6) is 0 Å². The maximum absolute atomic E-state index is 12.4. The minimum Gasteiger partial charge on any atom is -0.370 e. The van der Waals surface area contributed by atoms with Crippen molar-refractivity contribution in [2.75, 3.05) is 13.2 Å². The number of carbonyl (C=O) groups is 2. The number of nitrogens with two attached hydrogens (primary N) is 3. The molecule has 1 heterocycles. The number of nitrogens with zero attached hydrogens (tertiary/aromatic N) is 1. The summed E-state index contributed by atoms with van der Waals surface area (Å²) in [5.41, 5.74) is 16.1. The first kappa shape index (κ1) is 18.6. The fourth-order valence-electron chi connectivity index (χ4n) is 2.48. The lowest BCUT2D eigenvalue weighted by Gasteiger charge is -2.26.